The van der Waals surface area contributed by atoms with Gasteiger partial charge in [-0.05, 0) is 49.2 Å². The third-order valence-electron chi connectivity index (χ3n) is 4.12. The number of benzene rings is 2. The van der Waals surface area contributed by atoms with E-state index < -0.39 is 11.7 Å². The number of nitrogens with zero attached hydrogens (tertiary/aromatic N) is 1. The van der Waals surface area contributed by atoms with Gasteiger partial charge in [-0.3, -0.25) is 4.79 Å². The molecule has 0 fully saturated rings. The van der Waals surface area contributed by atoms with Gasteiger partial charge >= 0.3 is 6.18 Å². The van der Waals surface area contributed by atoms with Crippen LogP contribution in [0.1, 0.15) is 30.5 Å². The maximum atomic E-state index is 12.9. The number of hydrogen-bond acceptors (Lipinski definition) is 3. The first kappa shape index (κ1) is 24.0. The summed E-state index contributed by atoms with van der Waals surface area (Å²) in [6.07, 6.45) is -4.38. The number of ether oxygens (including phenoxy) is 1. The van der Waals surface area contributed by atoms with Crippen LogP contribution in [0.3, 0.4) is 0 Å². The van der Waals surface area contributed by atoms with E-state index in [0.29, 0.717) is 36.9 Å². The zero-order valence-corrected chi connectivity index (χ0v) is 17.6. The van der Waals surface area contributed by atoms with E-state index in [2.05, 4.69) is 20.9 Å². The van der Waals surface area contributed by atoms with E-state index in [1.807, 2.05) is 32.0 Å². The highest BCUT2D eigenvalue weighted by atomic mass is 19.4. The van der Waals surface area contributed by atoms with E-state index in [0.717, 1.165) is 17.7 Å². The van der Waals surface area contributed by atoms with Crippen molar-refractivity contribution < 1.29 is 22.7 Å². The Bertz CT molecular complexity index is 885. The number of halogens is 3. The average Bonchev–Trinajstić information content (AvgIpc) is 2.74. The minimum Gasteiger partial charge on any atom is -0.484 e. The Balaban J connectivity index is 1.98. The van der Waals surface area contributed by atoms with Crippen LogP contribution in [-0.4, -0.2) is 31.6 Å². The molecule has 0 saturated carbocycles. The fraction of sp³-hybridized carbons (Fsp3) is 0.364. The summed E-state index contributed by atoms with van der Waals surface area (Å²) < 4.78 is 44.1. The zero-order chi connectivity index (χ0) is 22.7. The van der Waals surface area contributed by atoms with Crippen LogP contribution in [0, 0.1) is 0 Å². The van der Waals surface area contributed by atoms with E-state index in [-0.39, 0.29) is 19.1 Å². The number of guanidine groups is 1. The van der Waals surface area contributed by atoms with Crippen molar-refractivity contribution in [3.63, 3.8) is 0 Å². The molecule has 0 bridgehead atoms. The van der Waals surface area contributed by atoms with E-state index >= 15 is 0 Å². The fourth-order valence-corrected chi connectivity index (χ4v) is 2.69. The molecule has 0 aromatic heterocycles. The fourth-order valence-electron chi connectivity index (χ4n) is 2.69. The SMILES string of the molecule is CCNC(=O)COc1cccc(CNC(=NCc2cccc(C(F)(F)F)c2)NCC)c1. The molecule has 168 valence electrons. The number of amides is 1. The predicted octanol–water partition coefficient (Wildman–Crippen LogP) is 3.48. The number of rotatable bonds is 9. The van der Waals surface area contributed by atoms with Crippen molar-refractivity contribution in [3.8, 4) is 5.75 Å². The smallest absolute Gasteiger partial charge is 0.416 e. The van der Waals surface area contributed by atoms with Gasteiger partial charge in [0.05, 0.1) is 12.1 Å². The molecule has 0 saturated heterocycles. The van der Waals surface area contributed by atoms with Gasteiger partial charge in [-0.15, -0.1) is 0 Å². The molecule has 0 heterocycles. The molecule has 0 atom stereocenters. The van der Waals surface area contributed by atoms with Gasteiger partial charge in [-0.2, -0.15) is 13.2 Å². The lowest BCUT2D eigenvalue weighted by Crippen LogP contribution is -2.36. The van der Waals surface area contributed by atoms with Crippen molar-refractivity contribution in [2.75, 3.05) is 19.7 Å². The first-order valence-corrected chi connectivity index (χ1v) is 9.98. The molecule has 0 aliphatic rings. The number of aliphatic imine (C=N–C) groups is 1. The Morgan fingerprint density at radius 1 is 0.968 bits per heavy atom. The molecular weight excluding hydrogens is 409 g/mol. The summed E-state index contributed by atoms with van der Waals surface area (Å²) in [5.74, 6) is 0.854. The highest BCUT2D eigenvalue weighted by molar-refractivity contribution is 5.79. The second-order valence-electron chi connectivity index (χ2n) is 6.64. The number of likely N-dealkylation sites (N-methyl/N-ethyl adjacent to an activating group) is 1. The number of carbonyl (C=O) groups is 1. The molecule has 9 heteroatoms. The monoisotopic (exact) mass is 436 g/mol. The molecule has 0 spiro atoms. The molecule has 2 aromatic carbocycles. The van der Waals surface area contributed by atoms with Crippen molar-refractivity contribution in [1.29, 1.82) is 0 Å². The van der Waals surface area contributed by atoms with Gasteiger partial charge in [-0.25, -0.2) is 4.99 Å². The molecule has 0 unspecified atom stereocenters. The Labute approximate surface area is 179 Å². The number of hydrogen-bond donors (Lipinski definition) is 3. The Hall–Kier alpha value is -3.23. The normalized spacial score (nSPS) is 11.7. The second kappa shape index (κ2) is 11.8. The number of alkyl halides is 3. The second-order valence-corrected chi connectivity index (χ2v) is 6.64. The maximum absolute atomic E-state index is 12.9. The van der Waals surface area contributed by atoms with Crippen LogP contribution in [0.2, 0.25) is 0 Å². The lowest BCUT2D eigenvalue weighted by Gasteiger charge is -2.13. The van der Waals surface area contributed by atoms with Crippen LogP contribution < -0.4 is 20.7 Å². The van der Waals surface area contributed by atoms with E-state index in [4.69, 9.17) is 4.74 Å². The number of carbonyl (C=O) groups excluding carboxylic acids is 1. The van der Waals surface area contributed by atoms with Crippen LogP contribution in [0.5, 0.6) is 5.75 Å². The topological polar surface area (TPSA) is 74.8 Å². The average molecular weight is 436 g/mol. The van der Waals surface area contributed by atoms with Crippen LogP contribution >= 0.6 is 0 Å². The summed E-state index contributed by atoms with van der Waals surface area (Å²) in [5.41, 5.74) is 0.674. The van der Waals surface area contributed by atoms with Crippen LogP contribution in [0.4, 0.5) is 13.2 Å². The zero-order valence-electron chi connectivity index (χ0n) is 17.6. The van der Waals surface area contributed by atoms with Gasteiger partial charge in [0.25, 0.3) is 5.91 Å². The third kappa shape index (κ3) is 8.57. The van der Waals surface area contributed by atoms with Crippen molar-refractivity contribution in [1.82, 2.24) is 16.0 Å². The highest BCUT2D eigenvalue weighted by Crippen LogP contribution is 2.29. The van der Waals surface area contributed by atoms with Crippen molar-refractivity contribution in [3.05, 3.63) is 65.2 Å². The van der Waals surface area contributed by atoms with Gasteiger partial charge in [0.1, 0.15) is 5.75 Å². The van der Waals surface area contributed by atoms with Crippen molar-refractivity contribution in [2.45, 2.75) is 33.1 Å². The molecule has 0 radical (unpaired) electrons. The van der Waals surface area contributed by atoms with Crippen LogP contribution in [0.15, 0.2) is 53.5 Å². The Morgan fingerprint density at radius 2 is 1.68 bits per heavy atom. The summed E-state index contributed by atoms with van der Waals surface area (Å²) in [7, 11) is 0. The number of nitrogens with one attached hydrogen (secondary N) is 3. The Kier molecular flexibility index (Phi) is 9.17. The summed E-state index contributed by atoms with van der Waals surface area (Å²) >= 11 is 0. The largest absolute Gasteiger partial charge is 0.484 e. The lowest BCUT2D eigenvalue weighted by molar-refractivity contribution is -0.137. The molecule has 2 aromatic rings. The maximum Gasteiger partial charge on any atom is 0.416 e. The predicted molar refractivity (Wildman–Crippen MR) is 114 cm³/mol. The van der Waals surface area contributed by atoms with Gasteiger partial charge in [0.15, 0.2) is 12.6 Å². The van der Waals surface area contributed by atoms with Crippen molar-refractivity contribution in [2.24, 2.45) is 4.99 Å². The standard InChI is InChI=1S/C22H27F3N4O2/c1-3-26-20(30)15-31-19-10-6-8-17(12-19)14-29-21(27-4-2)28-13-16-7-5-9-18(11-16)22(23,24)25/h5-12H,3-4,13-15H2,1-2H3,(H,26,30)(H2,27,28,29). The summed E-state index contributed by atoms with van der Waals surface area (Å²) in [4.78, 5) is 15.9. The summed E-state index contributed by atoms with van der Waals surface area (Å²) in [6, 6.07) is 12.4. The molecule has 0 aliphatic carbocycles. The molecule has 2 rings (SSSR count). The molecular formula is C22H27F3N4O2. The van der Waals surface area contributed by atoms with Crippen molar-refractivity contribution >= 4 is 11.9 Å². The quantitative estimate of drug-likeness (QED) is 0.416. The molecule has 3 N–H and O–H groups in total. The van der Waals surface area contributed by atoms with E-state index in [9.17, 15) is 18.0 Å². The Morgan fingerprint density at radius 3 is 2.39 bits per heavy atom. The van der Waals surface area contributed by atoms with Gasteiger partial charge in [0, 0.05) is 19.6 Å². The van der Waals surface area contributed by atoms with Gasteiger partial charge in [-0.1, -0.05) is 24.3 Å². The minimum atomic E-state index is -4.38. The van der Waals surface area contributed by atoms with E-state index in [1.165, 1.54) is 6.07 Å². The van der Waals surface area contributed by atoms with Crippen LogP contribution in [0.25, 0.3) is 0 Å². The third-order valence-corrected chi connectivity index (χ3v) is 4.12. The van der Waals surface area contributed by atoms with Gasteiger partial charge < -0.3 is 20.7 Å². The summed E-state index contributed by atoms with van der Waals surface area (Å²) in [5, 5.41) is 8.88. The first-order valence-electron chi connectivity index (χ1n) is 9.98. The molecule has 0 aliphatic heterocycles. The summed E-state index contributed by atoms with van der Waals surface area (Å²) in [6.45, 7) is 5.34. The molecule has 6 nitrogen and oxygen atoms in total. The lowest BCUT2D eigenvalue weighted by atomic mass is 10.1. The molecule has 1 amide bonds. The minimum absolute atomic E-state index is 0.0637. The van der Waals surface area contributed by atoms with E-state index in [1.54, 1.807) is 12.1 Å². The molecule has 31 heavy (non-hydrogen) atoms. The highest BCUT2D eigenvalue weighted by Gasteiger charge is 2.30. The van der Waals surface area contributed by atoms with Crippen LogP contribution in [-0.2, 0) is 24.1 Å². The first-order chi connectivity index (χ1) is 14.8. The van der Waals surface area contributed by atoms with Gasteiger partial charge in [0.2, 0.25) is 0 Å².